The zero-order chi connectivity index (χ0) is 79.4. The second-order valence-corrected chi connectivity index (χ2v) is 28.2. The van der Waals surface area contributed by atoms with Gasteiger partial charge in [0.1, 0.15) is 122 Å². The summed E-state index contributed by atoms with van der Waals surface area (Å²) in [6, 6.07) is 0. The van der Waals surface area contributed by atoms with Crippen LogP contribution in [0.2, 0.25) is 0 Å². The molecule has 0 bridgehead atoms. The summed E-state index contributed by atoms with van der Waals surface area (Å²) in [4.78, 5) is 0. The van der Waals surface area contributed by atoms with E-state index in [0.717, 1.165) is 0 Å². The molecule has 108 heavy (non-hydrogen) atoms. The average Bonchev–Trinajstić information content (AvgIpc) is 0.792. The fourth-order valence-electron chi connectivity index (χ4n) is 15.3. The molecule has 8 fully saturated rings. The van der Waals surface area contributed by atoms with Crippen molar-refractivity contribution in [3.63, 3.8) is 0 Å². The molecule has 8 rings (SSSR count). The summed E-state index contributed by atoms with van der Waals surface area (Å²) in [7, 11) is 8.19. The molecule has 40 atom stereocenters. The number of rotatable bonds is 38. The highest BCUT2D eigenvalue weighted by atomic mass is 16.7. The van der Waals surface area contributed by atoms with Gasteiger partial charge in [0, 0.05) is 78.2 Å². The van der Waals surface area contributed by atoms with Crippen molar-refractivity contribution in [2.45, 2.75) is 208 Å². The molecular weight excluding hydrogens is 1460 g/mol. The number of aliphatic hydroxyl groups is 22. The Bertz CT molecular complexity index is 2440. The summed E-state index contributed by atoms with van der Waals surface area (Å²) in [5.41, 5.74) is 0. The maximum atomic E-state index is 11.6. The van der Waals surface area contributed by atoms with Crippen molar-refractivity contribution in [3.8, 4) is 0 Å². The molecule has 0 aromatic rings. The van der Waals surface area contributed by atoms with Gasteiger partial charge in [-0.25, -0.2) is 0 Å². The molecule has 8 saturated heterocycles. The van der Waals surface area contributed by atoms with E-state index >= 15 is 0 Å². The van der Waals surface area contributed by atoms with Gasteiger partial charge in [-0.05, 0) is 0 Å². The molecule has 636 valence electrons. The predicted molar refractivity (Wildman–Crippen MR) is 353 cm³/mol. The van der Waals surface area contributed by atoms with E-state index in [4.69, 9.17) is 94.7 Å². The summed E-state index contributed by atoms with van der Waals surface area (Å²) in [6.45, 7) is -6.48. The van der Waals surface area contributed by atoms with Crippen molar-refractivity contribution < 1.29 is 207 Å². The molecule has 8 aliphatic rings. The zero-order valence-electron chi connectivity index (χ0n) is 61.2. The van der Waals surface area contributed by atoms with Gasteiger partial charge in [0.05, 0.1) is 205 Å². The van der Waals surface area contributed by atoms with Crippen LogP contribution in [0.1, 0.15) is 0 Å². The summed E-state index contributed by atoms with van der Waals surface area (Å²) in [6.07, 6.45) is -41.2. The van der Waals surface area contributed by atoms with Gasteiger partial charge in [-0.15, -0.1) is 0 Å². The first-order valence-electron chi connectivity index (χ1n) is 36.1. The lowest BCUT2D eigenvalue weighted by molar-refractivity contribution is -0.313. The fraction of sp³-hybridized carbons (Fsp3) is 1.00. The summed E-state index contributed by atoms with van der Waals surface area (Å²) in [5, 5.41) is 229. The minimum Gasteiger partial charge on any atom is -0.394 e. The lowest BCUT2D eigenvalue weighted by atomic mass is 9.86. The van der Waals surface area contributed by atoms with Gasteiger partial charge in [0.2, 0.25) is 0 Å². The van der Waals surface area contributed by atoms with Gasteiger partial charge in [-0.2, -0.15) is 0 Å². The van der Waals surface area contributed by atoms with Gasteiger partial charge in [0.25, 0.3) is 0 Å². The lowest BCUT2D eigenvalue weighted by Gasteiger charge is -2.46. The molecule has 8 heterocycles. The molecule has 40 unspecified atom stereocenters. The van der Waals surface area contributed by atoms with E-state index in [2.05, 4.69) is 0 Å². The third-order valence-electron chi connectivity index (χ3n) is 21.6. The van der Waals surface area contributed by atoms with Crippen LogP contribution in [-0.4, -0.2) is 495 Å². The maximum Gasteiger partial charge on any atom is 0.186 e. The van der Waals surface area contributed by atoms with Crippen LogP contribution in [0.15, 0.2) is 0 Å². The highest BCUT2D eigenvalue weighted by molar-refractivity contribution is 5.00. The standard InChI is InChI=1S/C43H78O26.C23H42O16/c1-56-10-19-23(6-44)65-29(34(50)32(19)48)15-61-11-20-27(68-30(35(51)33(20)49)16-62-12-21-24(7-45)66-28(14-57-2)37(53)40(21)58-3)18-64-43-39(55)41(59-4)22(25(8-46)69-43)13-63-17-31-36(52)38(54)42(60-5)26(9-47)67-31;1-34-22-10(12(3-25)39-23(33)21(22)32)6-36-7-14-18(29)16(27)9(11(2-24)37-14)5-35-8-15-19(30)20(31)17(28)13(4-26)38-15/h19-55H,6-18H2,1-5H3;9-33H,2-8H2,1H3. The molecule has 0 amide bonds. The number of hydrogen-bond acceptors (Lipinski definition) is 42. The molecule has 42 nitrogen and oxygen atoms in total. The van der Waals surface area contributed by atoms with Crippen LogP contribution in [0.4, 0.5) is 0 Å². The minimum absolute atomic E-state index is 0.000433. The summed E-state index contributed by atoms with van der Waals surface area (Å²) < 4.78 is 113. The Balaban J connectivity index is 0.000000351. The van der Waals surface area contributed by atoms with E-state index in [-0.39, 0.29) is 79.3 Å². The van der Waals surface area contributed by atoms with Gasteiger partial charge in [0.15, 0.2) is 12.6 Å². The topological polar surface area (TPSA) is 630 Å². The SMILES string of the molecule is COC1C(O)C(O)OC(CO)C1COCC1OC(CO)C(COCC2OC(CO)C(O)C(O)C2O)C(O)C1O.COCC1OC(CO)C(COCC2OC(COC3OC(CO)C(COCC4OC(CO)C(OC)C(O)C4O)C(OC)C3O)C(COCC3OC(CO)C(COC)C(O)C3O)C(O)C2O)C(OC)C1O. The number of hydrogen-bond donors (Lipinski definition) is 22. The largest absolute Gasteiger partial charge is 0.394 e. The number of ether oxygens (including phenoxy) is 20. The molecule has 0 aromatic heterocycles. The van der Waals surface area contributed by atoms with Crippen molar-refractivity contribution in [3.05, 3.63) is 0 Å². The number of aliphatic hydroxyl groups excluding tert-OH is 22. The Morgan fingerprint density at radius 2 is 0.491 bits per heavy atom. The van der Waals surface area contributed by atoms with Crippen LogP contribution in [0.5, 0.6) is 0 Å². The van der Waals surface area contributed by atoms with Crippen LogP contribution in [0.3, 0.4) is 0 Å². The molecular formula is C66H120O42. The monoisotopic (exact) mass is 1580 g/mol. The van der Waals surface area contributed by atoms with Crippen LogP contribution in [0, 0.1) is 35.5 Å². The molecule has 0 radical (unpaired) electrons. The van der Waals surface area contributed by atoms with Gasteiger partial charge < -0.3 is 207 Å². The first-order chi connectivity index (χ1) is 51.8. The Kier molecular flexibility index (Phi) is 39.6. The summed E-state index contributed by atoms with van der Waals surface area (Å²) in [5.74, 6) is -4.88. The van der Waals surface area contributed by atoms with Crippen molar-refractivity contribution in [1.29, 1.82) is 0 Å². The highest BCUT2D eigenvalue weighted by Gasteiger charge is 2.54. The Morgan fingerprint density at radius 3 is 0.889 bits per heavy atom. The molecule has 0 aliphatic carbocycles. The normalized spacial score (nSPS) is 46.1. The van der Waals surface area contributed by atoms with Crippen molar-refractivity contribution in [1.82, 2.24) is 0 Å². The van der Waals surface area contributed by atoms with Gasteiger partial charge in [-0.1, -0.05) is 0 Å². The van der Waals surface area contributed by atoms with Crippen LogP contribution in [-0.2, 0) is 94.7 Å². The van der Waals surface area contributed by atoms with E-state index in [1.165, 1.54) is 42.7 Å². The average molecular weight is 1590 g/mol. The van der Waals surface area contributed by atoms with Crippen LogP contribution in [0.25, 0.3) is 0 Å². The van der Waals surface area contributed by atoms with Gasteiger partial charge >= 0.3 is 0 Å². The van der Waals surface area contributed by atoms with Crippen molar-refractivity contribution in [2.24, 2.45) is 35.5 Å². The van der Waals surface area contributed by atoms with Crippen LogP contribution < -0.4 is 0 Å². The number of methoxy groups -OCH3 is 6. The third-order valence-corrected chi connectivity index (χ3v) is 21.6. The van der Waals surface area contributed by atoms with Crippen molar-refractivity contribution in [2.75, 3.05) is 175 Å². The predicted octanol–water partition coefficient (Wildman–Crippen LogP) is -13.8. The highest BCUT2D eigenvalue weighted by Crippen LogP contribution is 2.37. The van der Waals surface area contributed by atoms with Crippen molar-refractivity contribution >= 4 is 0 Å². The lowest BCUT2D eigenvalue weighted by Crippen LogP contribution is -2.61. The Hall–Kier alpha value is -1.68. The van der Waals surface area contributed by atoms with E-state index in [1.54, 1.807) is 0 Å². The Labute approximate surface area is 623 Å². The second-order valence-electron chi connectivity index (χ2n) is 28.2. The van der Waals surface area contributed by atoms with Gasteiger partial charge in [-0.3, -0.25) is 0 Å². The van der Waals surface area contributed by atoms with Crippen LogP contribution >= 0.6 is 0 Å². The molecule has 8 aliphatic heterocycles. The molecule has 22 N–H and O–H groups in total. The molecule has 0 saturated carbocycles. The molecule has 0 aromatic carbocycles. The third kappa shape index (κ3) is 22.7. The summed E-state index contributed by atoms with van der Waals surface area (Å²) >= 11 is 0. The molecule has 0 spiro atoms. The van der Waals surface area contributed by atoms with E-state index < -0.39 is 296 Å². The maximum absolute atomic E-state index is 11.6. The Morgan fingerprint density at radius 1 is 0.204 bits per heavy atom. The zero-order valence-corrected chi connectivity index (χ0v) is 61.2. The second kappa shape index (κ2) is 45.7. The van der Waals surface area contributed by atoms with E-state index in [1.807, 2.05) is 0 Å². The molecule has 42 heteroatoms. The van der Waals surface area contributed by atoms with E-state index in [9.17, 15) is 112 Å². The fourth-order valence-corrected chi connectivity index (χ4v) is 15.3. The minimum atomic E-state index is -1.58. The quantitative estimate of drug-likeness (QED) is 0.0273. The first kappa shape index (κ1) is 93.5. The van der Waals surface area contributed by atoms with E-state index in [0.29, 0.717) is 0 Å². The first-order valence-corrected chi connectivity index (χ1v) is 36.1. The smallest absolute Gasteiger partial charge is 0.186 e.